The summed E-state index contributed by atoms with van der Waals surface area (Å²) in [5.74, 6) is 0.461. The number of pyridine rings is 1. The minimum Gasteiger partial charge on any atom is -0.497 e. The number of nitriles is 1. The fraction of sp³-hybridized carbons (Fsp3) is 0.308. The first-order valence-electron chi connectivity index (χ1n) is 11.5. The smallest absolute Gasteiger partial charge is 0.435 e. The number of H-pyrrole nitrogens is 1. The van der Waals surface area contributed by atoms with Crippen LogP contribution in [0.2, 0.25) is 0 Å². The molecule has 3 heterocycles. The first-order valence-corrected chi connectivity index (χ1v) is 11.5. The van der Waals surface area contributed by atoms with Crippen molar-refractivity contribution in [2.24, 2.45) is 5.92 Å². The van der Waals surface area contributed by atoms with Crippen molar-refractivity contribution in [3.8, 4) is 34.2 Å². The van der Waals surface area contributed by atoms with E-state index in [0.29, 0.717) is 39.7 Å². The number of ether oxygens (including phenoxy) is 2. The van der Waals surface area contributed by atoms with Crippen molar-refractivity contribution in [1.29, 1.82) is 5.26 Å². The number of rotatable bonds is 6. The van der Waals surface area contributed by atoms with Crippen LogP contribution in [0.4, 0.5) is 13.2 Å². The van der Waals surface area contributed by atoms with E-state index < -0.39 is 24.4 Å². The molecule has 8 nitrogen and oxygen atoms in total. The lowest BCUT2D eigenvalue weighted by molar-refractivity contribution is -0.144. The highest BCUT2D eigenvalue weighted by atomic mass is 19.4. The van der Waals surface area contributed by atoms with E-state index in [9.17, 15) is 23.2 Å². The summed E-state index contributed by atoms with van der Waals surface area (Å²) in [6.45, 7) is 1.61. The van der Waals surface area contributed by atoms with Crippen molar-refractivity contribution in [3.63, 3.8) is 0 Å². The van der Waals surface area contributed by atoms with E-state index >= 15 is 0 Å². The summed E-state index contributed by atoms with van der Waals surface area (Å²) < 4.78 is 53.3. The second-order valence-electron chi connectivity index (χ2n) is 9.01. The third kappa shape index (κ3) is 4.39. The van der Waals surface area contributed by atoms with Crippen molar-refractivity contribution in [1.82, 2.24) is 19.7 Å². The van der Waals surface area contributed by atoms with Gasteiger partial charge < -0.3 is 14.5 Å². The standard InChI is InChI=1S/C26H22F3N5O3/c1-13-8-17(13)20-7-6-16-22(18-9-15(36-2)5-4-14(18)10-30)23(32-25(16)31-20)19-11-34(12-21(35)37-3)33-24(19)26(27,28)29/h4-7,9,11,13,17H,8,12H2,1-3H3,(H,31,32)/t13?,17-/m0/s1. The molecule has 3 aromatic heterocycles. The Morgan fingerprint density at radius 1 is 1.24 bits per heavy atom. The number of methoxy groups -OCH3 is 2. The van der Waals surface area contributed by atoms with Crippen LogP contribution < -0.4 is 4.74 Å². The molecule has 0 bridgehead atoms. The Morgan fingerprint density at radius 2 is 2.00 bits per heavy atom. The van der Waals surface area contributed by atoms with Crippen LogP contribution in [0.3, 0.4) is 0 Å². The number of aromatic nitrogens is 4. The molecule has 1 saturated carbocycles. The van der Waals surface area contributed by atoms with Gasteiger partial charge in [0, 0.05) is 39.9 Å². The van der Waals surface area contributed by atoms with E-state index in [-0.39, 0.29) is 16.8 Å². The number of nitrogens with zero attached hydrogens (tertiary/aromatic N) is 4. The van der Waals surface area contributed by atoms with Gasteiger partial charge in [-0.05, 0) is 42.7 Å². The zero-order valence-corrected chi connectivity index (χ0v) is 20.2. The van der Waals surface area contributed by atoms with Gasteiger partial charge in [0.05, 0.1) is 31.5 Å². The second-order valence-corrected chi connectivity index (χ2v) is 9.01. The SMILES string of the molecule is COC(=O)Cn1cc(-c2[nH]c3nc([C@H]4CC4C)ccc3c2-c2cc(OC)ccc2C#N)c(C(F)(F)F)n1. The van der Waals surface area contributed by atoms with Gasteiger partial charge in [0.15, 0.2) is 5.69 Å². The van der Waals surface area contributed by atoms with Crippen LogP contribution in [0.1, 0.15) is 36.2 Å². The highest BCUT2D eigenvalue weighted by Gasteiger charge is 2.40. The van der Waals surface area contributed by atoms with Gasteiger partial charge in [-0.15, -0.1) is 0 Å². The number of carbonyl (C=O) groups is 1. The normalized spacial score (nSPS) is 17.0. The predicted octanol–water partition coefficient (Wildman–Crippen LogP) is 5.29. The third-order valence-corrected chi connectivity index (χ3v) is 6.60. The van der Waals surface area contributed by atoms with Gasteiger partial charge in [-0.2, -0.15) is 23.5 Å². The van der Waals surface area contributed by atoms with Crippen molar-refractivity contribution in [3.05, 3.63) is 53.5 Å². The minimum atomic E-state index is -4.82. The van der Waals surface area contributed by atoms with Crippen LogP contribution in [0.15, 0.2) is 36.5 Å². The molecule has 1 aliphatic carbocycles. The molecule has 1 aromatic carbocycles. The molecule has 0 spiro atoms. The lowest BCUT2D eigenvalue weighted by Gasteiger charge is -2.10. The van der Waals surface area contributed by atoms with E-state index in [0.717, 1.165) is 30.1 Å². The molecule has 190 valence electrons. The molecule has 1 fully saturated rings. The summed E-state index contributed by atoms with van der Waals surface area (Å²) in [6, 6.07) is 10.6. The van der Waals surface area contributed by atoms with Gasteiger partial charge in [0.1, 0.15) is 17.9 Å². The van der Waals surface area contributed by atoms with Gasteiger partial charge in [0.25, 0.3) is 0 Å². The third-order valence-electron chi connectivity index (χ3n) is 6.60. The van der Waals surface area contributed by atoms with Crippen molar-refractivity contribution in [2.75, 3.05) is 14.2 Å². The molecular weight excluding hydrogens is 487 g/mol. The number of carbonyl (C=O) groups excluding carboxylic acids is 1. The Kier molecular flexibility index (Phi) is 5.90. The van der Waals surface area contributed by atoms with Crippen LogP contribution >= 0.6 is 0 Å². The van der Waals surface area contributed by atoms with E-state index in [1.165, 1.54) is 7.11 Å². The second kappa shape index (κ2) is 8.96. The number of halogens is 3. The molecule has 0 saturated heterocycles. The molecule has 37 heavy (non-hydrogen) atoms. The maximum atomic E-state index is 14.1. The molecule has 0 radical (unpaired) electrons. The maximum absolute atomic E-state index is 14.1. The highest BCUT2D eigenvalue weighted by molar-refractivity contribution is 6.04. The van der Waals surface area contributed by atoms with Crippen molar-refractivity contribution < 1.29 is 27.4 Å². The quantitative estimate of drug-likeness (QED) is 0.354. The zero-order valence-electron chi connectivity index (χ0n) is 20.2. The fourth-order valence-corrected chi connectivity index (χ4v) is 4.56. The molecule has 11 heteroatoms. The topological polar surface area (TPSA) is 106 Å². The molecule has 2 atom stereocenters. The molecule has 1 unspecified atom stereocenters. The van der Waals surface area contributed by atoms with Gasteiger partial charge in [-0.25, -0.2) is 4.98 Å². The summed E-state index contributed by atoms with van der Waals surface area (Å²) >= 11 is 0. The zero-order chi connectivity index (χ0) is 26.5. The Bertz CT molecular complexity index is 1560. The summed E-state index contributed by atoms with van der Waals surface area (Å²) in [5, 5.41) is 14.0. The highest BCUT2D eigenvalue weighted by Crippen LogP contribution is 2.48. The van der Waals surface area contributed by atoms with Crippen molar-refractivity contribution >= 4 is 17.0 Å². The molecule has 1 N–H and O–H groups in total. The van der Waals surface area contributed by atoms with E-state index in [1.807, 2.05) is 12.1 Å². The fourth-order valence-electron chi connectivity index (χ4n) is 4.56. The largest absolute Gasteiger partial charge is 0.497 e. The number of fused-ring (bicyclic) bond motifs is 1. The van der Waals surface area contributed by atoms with Crippen LogP contribution in [-0.2, 0) is 22.3 Å². The summed E-state index contributed by atoms with van der Waals surface area (Å²) in [4.78, 5) is 19.6. The number of nitrogens with one attached hydrogen (secondary N) is 1. The van der Waals surface area contributed by atoms with Crippen molar-refractivity contribution in [2.45, 2.75) is 32.0 Å². The summed E-state index contributed by atoms with van der Waals surface area (Å²) in [6.07, 6.45) is -2.68. The van der Waals surface area contributed by atoms with Crippen LogP contribution in [0.25, 0.3) is 33.4 Å². The Labute approximate surface area is 209 Å². The van der Waals surface area contributed by atoms with Gasteiger partial charge in [-0.1, -0.05) is 6.92 Å². The number of esters is 1. The number of hydrogen-bond donors (Lipinski definition) is 1. The Balaban J connectivity index is 1.81. The Hall–Kier alpha value is -4.33. The van der Waals surface area contributed by atoms with E-state index in [4.69, 9.17) is 9.72 Å². The number of alkyl halides is 3. The molecule has 4 aromatic rings. The summed E-state index contributed by atoms with van der Waals surface area (Å²) in [7, 11) is 2.61. The van der Waals surface area contributed by atoms with Crippen LogP contribution in [0, 0.1) is 17.2 Å². The lowest BCUT2D eigenvalue weighted by Crippen LogP contribution is -2.14. The Morgan fingerprint density at radius 3 is 2.62 bits per heavy atom. The van der Waals surface area contributed by atoms with E-state index in [2.05, 4.69) is 27.8 Å². The first kappa shape index (κ1) is 24.4. The molecular formula is C26H22F3N5O3. The average Bonchev–Trinajstić information content (AvgIpc) is 3.28. The minimum absolute atomic E-state index is 0.0803. The maximum Gasteiger partial charge on any atom is 0.435 e. The molecule has 0 amide bonds. The number of hydrogen-bond acceptors (Lipinski definition) is 6. The van der Waals surface area contributed by atoms with E-state index in [1.54, 1.807) is 18.2 Å². The van der Waals surface area contributed by atoms with Gasteiger partial charge >= 0.3 is 12.1 Å². The van der Waals surface area contributed by atoms with Crippen LogP contribution in [-0.4, -0.2) is 39.9 Å². The molecule has 5 rings (SSSR count). The predicted molar refractivity (Wildman–Crippen MR) is 128 cm³/mol. The first-order chi connectivity index (χ1) is 17.6. The number of benzene rings is 1. The average molecular weight is 509 g/mol. The monoisotopic (exact) mass is 509 g/mol. The summed E-state index contributed by atoms with van der Waals surface area (Å²) in [5.41, 5.74) is 0.849. The van der Waals surface area contributed by atoms with Gasteiger partial charge in [-0.3, -0.25) is 9.48 Å². The molecule has 0 aliphatic heterocycles. The number of aromatic amines is 1. The van der Waals surface area contributed by atoms with Gasteiger partial charge in [0.2, 0.25) is 0 Å². The molecule has 1 aliphatic rings. The lowest BCUT2D eigenvalue weighted by atomic mass is 9.95. The van der Waals surface area contributed by atoms with Crippen LogP contribution in [0.5, 0.6) is 5.75 Å².